The van der Waals surface area contributed by atoms with E-state index in [4.69, 9.17) is 32.8 Å². The highest BCUT2D eigenvalue weighted by molar-refractivity contribution is 6.36. The maximum Gasteiger partial charge on any atom is 0.291 e. The molecule has 0 radical (unpaired) electrons. The van der Waals surface area contributed by atoms with Crippen LogP contribution in [-0.4, -0.2) is 19.1 Å². The van der Waals surface area contributed by atoms with Gasteiger partial charge in [-0.05, 0) is 43.7 Å². The molecule has 2 rings (SSSR count). The number of benzene rings is 2. The van der Waals surface area contributed by atoms with E-state index in [-0.39, 0.29) is 5.91 Å². The first-order valence-corrected chi connectivity index (χ1v) is 7.75. The van der Waals surface area contributed by atoms with Gasteiger partial charge in [0.1, 0.15) is 5.75 Å². The topological polar surface area (TPSA) is 38.8 Å². The fourth-order valence-electron chi connectivity index (χ4n) is 2.02. The highest BCUT2D eigenvalue weighted by Crippen LogP contribution is 2.33. The Morgan fingerprint density at radius 3 is 2.39 bits per heavy atom. The normalized spacial score (nSPS) is 11.9. The molecule has 0 aliphatic carbocycles. The molecular formula is C17H17Cl2NO3. The number of hydroxylamine groups is 1. The maximum absolute atomic E-state index is 12.5. The molecule has 0 bridgehead atoms. The average Bonchev–Trinajstić information content (AvgIpc) is 2.57. The Morgan fingerprint density at radius 1 is 1.13 bits per heavy atom. The quantitative estimate of drug-likeness (QED) is 0.733. The summed E-state index contributed by atoms with van der Waals surface area (Å²) in [5.74, 6) is 0.0564. The Labute approximate surface area is 145 Å². The lowest BCUT2D eigenvalue weighted by Gasteiger charge is -2.24. The summed E-state index contributed by atoms with van der Waals surface area (Å²) >= 11 is 12.2. The second kappa shape index (κ2) is 7.68. The molecule has 0 aliphatic heterocycles. The molecule has 2 aromatic carbocycles. The summed E-state index contributed by atoms with van der Waals surface area (Å²) in [7, 11) is 1.43. The molecule has 0 N–H and O–H groups in total. The lowest BCUT2D eigenvalue weighted by molar-refractivity contribution is -0.131. The molecule has 2 aromatic rings. The van der Waals surface area contributed by atoms with Gasteiger partial charge in [0, 0.05) is 5.02 Å². The van der Waals surface area contributed by atoms with Crippen LogP contribution in [0.3, 0.4) is 0 Å². The van der Waals surface area contributed by atoms with E-state index in [0.717, 1.165) is 0 Å². The van der Waals surface area contributed by atoms with E-state index in [1.807, 2.05) is 18.2 Å². The van der Waals surface area contributed by atoms with Crippen LogP contribution >= 0.6 is 23.2 Å². The van der Waals surface area contributed by atoms with Gasteiger partial charge in [0.05, 0.1) is 17.8 Å². The second-order valence-electron chi connectivity index (χ2n) is 4.90. The van der Waals surface area contributed by atoms with Crippen molar-refractivity contribution in [2.75, 3.05) is 12.2 Å². The van der Waals surface area contributed by atoms with Crippen LogP contribution in [0.4, 0.5) is 5.69 Å². The highest BCUT2D eigenvalue weighted by atomic mass is 35.5. The zero-order valence-corrected chi connectivity index (χ0v) is 14.6. The molecule has 0 saturated heterocycles. The summed E-state index contributed by atoms with van der Waals surface area (Å²) in [6.45, 7) is 3.42. The number of nitrogens with zero attached hydrogens (tertiary/aromatic N) is 1. The van der Waals surface area contributed by atoms with Crippen LogP contribution in [0.25, 0.3) is 0 Å². The molecule has 0 spiro atoms. The molecule has 1 atom stereocenters. The molecule has 6 heteroatoms. The van der Waals surface area contributed by atoms with E-state index in [1.165, 1.54) is 12.2 Å². The first kappa shape index (κ1) is 17.6. The molecule has 4 nitrogen and oxygen atoms in total. The van der Waals surface area contributed by atoms with E-state index in [1.54, 1.807) is 38.1 Å². The molecular weight excluding hydrogens is 337 g/mol. The summed E-state index contributed by atoms with van der Waals surface area (Å²) in [4.78, 5) is 17.7. The number of rotatable bonds is 5. The van der Waals surface area contributed by atoms with Gasteiger partial charge >= 0.3 is 0 Å². The van der Waals surface area contributed by atoms with Crippen molar-refractivity contribution >= 4 is 34.8 Å². The van der Waals surface area contributed by atoms with Gasteiger partial charge in [-0.15, -0.1) is 0 Å². The monoisotopic (exact) mass is 353 g/mol. The van der Waals surface area contributed by atoms with Crippen LogP contribution in [-0.2, 0) is 9.63 Å². The van der Waals surface area contributed by atoms with E-state index in [9.17, 15) is 4.79 Å². The van der Waals surface area contributed by atoms with Crippen molar-refractivity contribution in [2.24, 2.45) is 0 Å². The molecule has 23 heavy (non-hydrogen) atoms. The van der Waals surface area contributed by atoms with E-state index in [2.05, 4.69) is 0 Å². The third-order valence-electron chi connectivity index (χ3n) is 3.31. The Morgan fingerprint density at radius 2 is 1.78 bits per heavy atom. The molecule has 0 heterocycles. The Kier molecular flexibility index (Phi) is 5.88. The third-order valence-corrected chi connectivity index (χ3v) is 4.19. The van der Waals surface area contributed by atoms with Crippen molar-refractivity contribution in [3.05, 3.63) is 58.1 Å². The van der Waals surface area contributed by atoms with Gasteiger partial charge in [-0.1, -0.05) is 41.4 Å². The van der Waals surface area contributed by atoms with Crippen LogP contribution in [0.15, 0.2) is 42.5 Å². The summed E-state index contributed by atoms with van der Waals surface area (Å²) in [5.41, 5.74) is 1.32. The maximum atomic E-state index is 12.5. The van der Waals surface area contributed by atoms with Crippen LogP contribution in [0.1, 0.15) is 12.5 Å². The largest absolute Gasteiger partial charge is 0.479 e. The molecule has 122 valence electrons. The van der Waals surface area contributed by atoms with Crippen molar-refractivity contribution in [3.8, 4) is 5.75 Å². The van der Waals surface area contributed by atoms with Crippen molar-refractivity contribution in [1.29, 1.82) is 0 Å². The molecule has 1 unspecified atom stereocenters. The third kappa shape index (κ3) is 3.96. The summed E-state index contributed by atoms with van der Waals surface area (Å²) in [5, 5.41) is 2.12. The number of halogens is 2. The summed E-state index contributed by atoms with van der Waals surface area (Å²) in [6.07, 6.45) is -0.784. The Balaban J connectivity index is 2.18. The smallest absolute Gasteiger partial charge is 0.291 e. The van der Waals surface area contributed by atoms with Crippen molar-refractivity contribution in [1.82, 2.24) is 0 Å². The van der Waals surface area contributed by atoms with Gasteiger partial charge in [0.25, 0.3) is 5.91 Å². The number of hydrogen-bond donors (Lipinski definition) is 0. The minimum Gasteiger partial charge on any atom is -0.479 e. The van der Waals surface area contributed by atoms with Gasteiger partial charge < -0.3 is 4.74 Å². The van der Waals surface area contributed by atoms with Crippen LogP contribution in [0.5, 0.6) is 5.75 Å². The Hall–Kier alpha value is -1.75. The van der Waals surface area contributed by atoms with Crippen LogP contribution in [0.2, 0.25) is 10.0 Å². The zero-order valence-electron chi connectivity index (χ0n) is 13.0. The number of carbonyl (C=O) groups excluding carboxylic acids is 1. The predicted octanol–water partition coefficient (Wildman–Crippen LogP) is 4.66. The summed E-state index contributed by atoms with van der Waals surface area (Å²) in [6, 6.07) is 12.4. The van der Waals surface area contributed by atoms with Gasteiger partial charge in [-0.2, -0.15) is 5.06 Å². The number of para-hydroxylation sites is 1. The molecule has 0 aliphatic rings. The van der Waals surface area contributed by atoms with Crippen molar-refractivity contribution in [2.45, 2.75) is 20.0 Å². The molecule has 1 amide bonds. The van der Waals surface area contributed by atoms with Gasteiger partial charge in [-0.25, -0.2) is 0 Å². The van der Waals surface area contributed by atoms with Gasteiger partial charge in [0.15, 0.2) is 6.10 Å². The standard InChI is InChI=1S/C17H17Cl2NO3/c1-11-14(18)9-10-15(16(11)19)23-12(2)17(21)20(22-3)13-7-5-4-6-8-13/h4-10,12H,1-3H3. The van der Waals surface area contributed by atoms with Gasteiger partial charge in [0.2, 0.25) is 0 Å². The number of anilines is 1. The molecule has 0 fully saturated rings. The molecule has 0 aromatic heterocycles. The predicted molar refractivity (Wildman–Crippen MR) is 92.2 cm³/mol. The highest BCUT2D eigenvalue weighted by Gasteiger charge is 2.25. The zero-order chi connectivity index (χ0) is 17.0. The summed E-state index contributed by atoms with van der Waals surface area (Å²) < 4.78 is 5.69. The Bertz CT molecular complexity index is 692. The van der Waals surface area contributed by atoms with E-state index < -0.39 is 6.10 Å². The number of ether oxygens (including phenoxy) is 1. The fourth-order valence-corrected chi connectivity index (χ4v) is 2.43. The minimum atomic E-state index is -0.784. The fraction of sp³-hybridized carbons (Fsp3) is 0.235. The minimum absolute atomic E-state index is 0.345. The number of hydrogen-bond acceptors (Lipinski definition) is 3. The average molecular weight is 354 g/mol. The van der Waals surface area contributed by atoms with Crippen LogP contribution < -0.4 is 9.80 Å². The van der Waals surface area contributed by atoms with Crippen molar-refractivity contribution in [3.63, 3.8) is 0 Å². The lowest BCUT2D eigenvalue weighted by atomic mass is 10.2. The van der Waals surface area contributed by atoms with E-state index >= 15 is 0 Å². The lowest BCUT2D eigenvalue weighted by Crippen LogP contribution is -2.40. The molecule has 0 saturated carbocycles. The second-order valence-corrected chi connectivity index (χ2v) is 5.68. The van der Waals surface area contributed by atoms with Gasteiger partial charge in [-0.3, -0.25) is 9.63 Å². The van der Waals surface area contributed by atoms with Crippen molar-refractivity contribution < 1.29 is 14.4 Å². The first-order chi connectivity index (χ1) is 11.0. The van der Waals surface area contributed by atoms with Crippen LogP contribution in [0, 0.1) is 6.92 Å². The SMILES string of the molecule is CON(C(=O)C(C)Oc1ccc(Cl)c(C)c1Cl)c1ccccc1. The van der Waals surface area contributed by atoms with E-state index in [0.29, 0.717) is 27.0 Å². The number of carbonyl (C=O) groups is 1. The first-order valence-electron chi connectivity index (χ1n) is 7.00. The number of amides is 1.